The van der Waals surface area contributed by atoms with Gasteiger partial charge in [0.1, 0.15) is 23.5 Å². The topological polar surface area (TPSA) is 0 Å². The van der Waals surface area contributed by atoms with E-state index in [2.05, 4.69) is 31.2 Å². The highest BCUT2D eigenvalue weighted by molar-refractivity contribution is 6.24. The van der Waals surface area contributed by atoms with Crippen LogP contribution in [0.2, 0.25) is 0 Å². The predicted molar refractivity (Wildman–Crippen MR) is 131 cm³/mol. The third-order valence-corrected chi connectivity index (χ3v) is 3.64. The van der Waals surface area contributed by atoms with Crippen molar-refractivity contribution in [3.05, 3.63) is 69.6 Å². The van der Waals surface area contributed by atoms with Gasteiger partial charge in [0.05, 0.1) is 0 Å². The lowest BCUT2D eigenvalue weighted by Crippen LogP contribution is -1.75. The summed E-state index contributed by atoms with van der Waals surface area (Å²) in [4.78, 5) is 0. The molecule has 0 aromatic rings. The molecule has 3 aliphatic rings. The smallest absolute Gasteiger partial charge is 0.111 e. The Morgan fingerprint density at radius 3 is 1.33 bits per heavy atom. The maximum atomic E-state index is 5.50. The first-order chi connectivity index (χ1) is 12.9. The van der Waals surface area contributed by atoms with Gasteiger partial charge in [-0.1, -0.05) is 106 Å². The average molecular weight is 360 g/mol. The Labute approximate surface area is 174 Å². The minimum absolute atomic E-state index is 0.944. The van der Waals surface area contributed by atoms with Crippen LogP contribution in [0.25, 0.3) is 0 Å². The summed E-state index contributed by atoms with van der Waals surface area (Å²) in [6.45, 7) is 18.1. The van der Waals surface area contributed by atoms with E-state index < -0.39 is 0 Å². The van der Waals surface area contributed by atoms with E-state index in [4.69, 9.17) is 23.5 Å². The number of hydrogen-bond donors (Lipinski definition) is 0. The summed E-state index contributed by atoms with van der Waals surface area (Å²) in [5, 5.41) is 0. The third-order valence-electron chi connectivity index (χ3n) is 3.64. The molecule has 0 aromatic heterocycles. The molecule has 6 radical (unpaired) electrons. The van der Waals surface area contributed by atoms with Crippen LogP contribution in [0.4, 0.5) is 0 Å². The van der Waals surface area contributed by atoms with Gasteiger partial charge in [0.2, 0.25) is 0 Å². The molecule has 3 heteroatoms. The molecule has 0 atom stereocenters. The van der Waals surface area contributed by atoms with Crippen molar-refractivity contribution in [2.45, 2.75) is 81.6 Å². The molecule has 0 unspecified atom stereocenters. The van der Waals surface area contributed by atoms with Gasteiger partial charge in [-0.15, -0.1) is 5.47 Å². The van der Waals surface area contributed by atoms with Crippen LogP contribution in [-0.4, -0.2) is 23.5 Å². The average Bonchev–Trinajstić information content (AvgIpc) is 3.39. The van der Waals surface area contributed by atoms with E-state index in [1.54, 1.807) is 0 Å². The van der Waals surface area contributed by atoms with Crippen molar-refractivity contribution in [1.82, 2.24) is 0 Å². The van der Waals surface area contributed by atoms with Gasteiger partial charge in [0.15, 0.2) is 0 Å². The molecule has 0 heterocycles. The van der Waals surface area contributed by atoms with Crippen molar-refractivity contribution in [2.75, 3.05) is 0 Å². The largest absolute Gasteiger partial charge is 0.113 e. The molecule has 0 fully saturated rings. The first-order valence-electron chi connectivity index (χ1n) is 10.3. The van der Waals surface area contributed by atoms with Crippen molar-refractivity contribution >= 4 is 23.5 Å². The SMILES string of the molecule is CC.CC.CC.[B]C1=C(C)C=CC1.[B]C1=C(C)CC=C1.[B]C1=CCC=C1C. The predicted octanol–water partition coefficient (Wildman–Crippen LogP) is 7.25. The molecule has 0 spiro atoms. The lowest BCUT2D eigenvalue weighted by molar-refractivity contribution is 1.25. The molecular formula is C24H39B3. The molecule has 0 N–H and O–H groups in total. The standard InChI is InChI=1S/3C6H7B.3C2H6/c3*1-5-3-2-4-6(5)7;3*1-2/h3-4H,2H2,1H3;2,4H,3H2,1H3;2-3H,4H2,1H3;3*1-2H3. The Balaban J connectivity index is -0.000000281. The van der Waals surface area contributed by atoms with E-state index in [1.165, 1.54) is 16.7 Å². The summed E-state index contributed by atoms with van der Waals surface area (Å²) in [6.07, 6.45) is 15.3. The maximum Gasteiger partial charge on any atom is 0.113 e. The van der Waals surface area contributed by atoms with Gasteiger partial charge in [0, 0.05) is 0 Å². The van der Waals surface area contributed by atoms with Crippen LogP contribution >= 0.6 is 0 Å². The Hall–Kier alpha value is -1.37. The molecule has 0 bridgehead atoms. The highest BCUT2D eigenvalue weighted by Crippen LogP contribution is 2.14. The summed E-state index contributed by atoms with van der Waals surface area (Å²) < 4.78 is 0. The minimum atomic E-state index is 0.944. The van der Waals surface area contributed by atoms with Gasteiger partial charge < -0.3 is 0 Å². The van der Waals surface area contributed by atoms with Crippen LogP contribution in [0.3, 0.4) is 0 Å². The molecular weight excluding hydrogens is 321 g/mol. The van der Waals surface area contributed by atoms with Gasteiger partial charge in [0.25, 0.3) is 0 Å². The highest BCUT2D eigenvalue weighted by Gasteiger charge is 1.96. The van der Waals surface area contributed by atoms with Crippen LogP contribution in [0.1, 0.15) is 81.6 Å². The van der Waals surface area contributed by atoms with Crippen molar-refractivity contribution in [2.24, 2.45) is 0 Å². The summed E-state index contributed by atoms with van der Waals surface area (Å²) in [6, 6.07) is 0. The fourth-order valence-corrected chi connectivity index (χ4v) is 1.89. The first-order valence-corrected chi connectivity index (χ1v) is 10.3. The van der Waals surface area contributed by atoms with Crippen LogP contribution in [0.15, 0.2) is 69.6 Å². The van der Waals surface area contributed by atoms with Crippen LogP contribution in [0, 0.1) is 0 Å². The fourth-order valence-electron chi connectivity index (χ4n) is 1.89. The fraction of sp³-hybridized carbons (Fsp3) is 0.500. The first kappa shape index (κ1) is 30.4. The Morgan fingerprint density at radius 1 is 0.704 bits per heavy atom. The third kappa shape index (κ3) is 15.4. The second-order valence-corrected chi connectivity index (χ2v) is 5.44. The Bertz CT molecular complexity index is 506. The second kappa shape index (κ2) is 20.9. The monoisotopic (exact) mass is 360 g/mol. The number of hydrogen-bond acceptors (Lipinski definition) is 0. The quantitative estimate of drug-likeness (QED) is 0.399. The molecule has 0 aromatic carbocycles. The number of allylic oxidation sites excluding steroid dienone is 12. The van der Waals surface area contributed by atoms with Gasteiger partial charge in [-0.3, -0.25) is 0 Å². The zero-order valence-electron chi connectivity index (χ0n) is 19.3. The second-order valence-electron chi connectivity index (χ2n) is 5.44. The van der Waals surface area contributed by atoms with Gasteiger partial charge >= 0.3 is 0 Å². The lowest BCUT2D eigenvalue weighted by atomic mass is 9.92. The summed E-state index contributed by atoms with van der Waals surface area (Å²) in [5.74, 6) is 0. The highest BCUT2D eigenvalue weighted by atomic mass is 14.0. The van der Waals surface area contributed by atoms with Crippen LogP contribution in [-0.2, 0) is 0 Å². The van der Waals surface area contributed by atoms with Crippen LogP contribution < -0.4 is 0 Å². The summed E-state index contributed by atoms with van der Waals surface area (Å²) >= 11 is 0. The van der Waals surface area contributed by atoms with Crippen molar-refractivity contribution in [3.8, 4) is 0 Å². The molecule has 0 amide bonds. The van der Waals surface area contributed by atoms with Gasteiger partial charge in [-0.25, -0.2) is 0 Å². The molecule has 144 valence electrons. The summed E-state index contributed by atoms with van der Waals surface area (Å²) in [5.41, 5.74) is 6.64. The normalized spacial score (nSPS) is 15.4. The van der Waals surface area contributed by atoms with Crippen molar-refractivity contribution < 1.29 is 0 Å². The molecule has 0 nitrogen and oxygen atoms in total. The van der Waals surface area contributed by atoms with Crippen molar-refractivity contribution in [3.63, 3.8) is 0 Å². The molecule has 27 heavy (non-hydrogen) atoms. The van der Waals surface area contributed by atoms with Crippen molar-refractivity contribution in [1.29, 1.82) is 0 Å². The van der Waals surface area contributed by atoms with Gasteiger partial charge in [-0.05, 0) is 40.0 Å². The minimum Gasteiger partial charge on any atom is -0.111 e. The molecule has 3 rings (SSSR count). The van der Waals surface area contributed by atoms with E-state index in [9.17, 15) is 0 Å². The summed E-state index contributed by atoms with van der Waals surface area (Å²) in [7, 11) is 16.4. The van der Waals surface area contributed by atoms with E-state index in [-0.39, 0.29) is 0 Å². The zero-order valence-corrected chi connectivity index (χ0v) is 19.3. The molecule has 0 saturated heterocycles. The molecule has 0 aliphatic heterocycles. The Kier molecular flexibility index (Phi) is 23.6. The van der Waals surface area contributed by atoms with Crippen LogP contribution in [0.5, 0.6) is 0 Å². The van der Waals surface area contributed by atoms with E-state index in [0.717, 1.165) is 35.7 Å². The molecule has 0 saturated carbocycles. The van der Waals surface area contributed by atoms with E-state index in [0.29, 0.717) is 0 Å². The van der Waals surface area contributed by atoms with Gasteiger partial charge in [-0.2, -0.15) is 0 Å². The zero-order chi connectivity index (χ0) is 21.8. The maximum absolute atomic E-state index is 5.50. The number of rotatable bonds is 0. The van der Waals surface area contributed by atoms with E-state index in [1.807, 2.05) is 67.5 Å². The molecule has 3 aliphatic carbocycles. The van der Waals surface area contributed by atoms with E-state index >= 15 is 0 Å². The Morgan fingerprint density at radius 2 is 1.22 bits per heavy atom. The lowest BCUT2D eigenvalue weighted by Gasteiger charge is -1.88.